The van der Waals surface area contributed by atoms with Gasteiger partial charge in [0.1, 0.15) is 5.56 Å². The third kappa shape index (κ3) is 2.65. The highest BCUT2D eigenvalue weighted by Gasteiger charge is 2.37. The van der Waals surface area contributed by atoms with Crippen molar-refractivity contribution in [2.24, 2.45) is 0 Å². The Morgan fingerprint density at radius 2 is 1.94 bits per heavy atom. The van der Waals surface area contributed by atoms with E-state index in [1.54, 1.807) is 0 Å². The van der Waals surface area contributed by atoms with Crippen LogP contribution in [0.25, 0.3) is 0 Å². The summed E-state index contributed by atoms with van der Waals surface area (Å²) in [6.07, 6.45) is -5.11. The van der Waals surface area contributed by atoms with E-state index in [2.05, 4.69) is 0 Å². The van der Waals surface area contributed by atoms with Crippen molar-refractivity contribution in [2.75, 3.05) is 0 Å². The molecule has 0 N–H and O–H groups in total. The SMILES string of the molecule is O=Cc1cc(C(=O)Cl)c([N+](=O)[O-])cc1C(F)(F)F. The molecule has 0 saturated carbocycles. The quantitative estimate of drug-likeness (QED) is 0.369. The highest BCUT2D eigenvalue weighted by molar-refractivity contribution is 6.68. The minimum absolute atomic E-state index is 0.110. The van der Waals surface area contributed by atoms with Gasteiger partial charge in [0.05, 0.1) is 10.5 Å². The maximum atomic E-state index is 12.5. The zero-order valence-electron chi connectivity index (χ0n) is 8.32. The summed E-state index contributed by atoms with van der Waals surface area (Å²) in [7, 11) is 0. The molecule has 0 aliphatic heterocycles. The standard InChI is InChI=1S/C9H3ClF3NO4/c10-8(16)5-1-4(3-15)6(9(11,12)13)2-7(5)14(17)18/h1-3H. The number of carbonyl (C=O) groups excluding carboxylic acids is 2. The van der Waals surface area contributed by atoms with E-state index in [-0.39, 0.29) is 12.4 Å². The monoisotopic (exact) mass is 281 g/mol. The molecule has 0 spiro atoms. The molecule has 0 amide bonds. The molecular weight excluding hydrogens is 279 g/mol. The number of nitro groups is 1. The Hall–Kier alpha value is -1.96. The number of nitro benzene ring substituents is 1. The van der Waals surface area contributed by atoms with Crippen LogP contribution in [0.15, 0.2) is 12.1 Å². The molecule has 0 heterocycles. The first-order valence-electron chi connectivity index (χ1n) is 4.23. The van der Waals surface area contributed by atoms with Crippen molar-refractivity contribution in [3.05, 3.63) is 38.9 Å². The maximum Gasteiger partial charge on any atom is 0.417 e. The number of rotatable bonds is 3. The Morgan fingerprint density at radius 1 is 1.39 bits per heavy atom. The minimum atomic E-state index is -4.95. The first kappa shape index (κ1) is 14.1. The van der Waals surface area contributed by atoms with Crippen molar-refractivity contribution in [3.8, 4) is 0 Å². The zero-order chi connectivity index (χ0) is 14.1. The average molecular weight is 282 g/mol. The van der Waals surface area contributed by atoms with E-state index in [4.69, 9.17) is 11.6 Å². The first-order chi connectivity index (χ1) is 8.18. The third-order valence-corrected chi connectivity index (χ3v) is 2.21. The molecule has 0 bridgehead atoms. The molecule has 0 saturated heterocycles. The number of nitrogens with zero attached hydrogens (tertiary/aromatic N) is 1. The molecule has 1 aromatic rings. The molecule has 1 rings (SSSR count). The Bertz CT molecular complexity index is 541. The number of carbonyl (C=O) groups is 2. The van der Waals surface area contributed by atoms with E-state index in [1.165, 1.54) is 0 Å². The van der Waals surface area contributed by atoms with Crippen LogP contribution in [0.2, 0.25) is 0 Å². The molecule has 9 heteroatoms. The van der Waals surface area contributed by atoms with Crippen LogP contribution in [-0.2, 0) is 6.18 Å². The van der Waals surface area contributed by atoms with Crippen LogP contribution in [0.3, 0.4) is 0 Å². The average Bonchev–Trinajstić information content (AvgIpc) is 2.25. The summed E-state index contributed by atoms with van der Waals surface area (Å²) in [6, 6.07) is 0.558. The van der Waals surface area contributed by atoms with Gasteiger partial charge in [-0.05, 0) is 17.7 Å². The Morgan fingerprint density at radius 3 is 2.28 bits per heavy atom. The van der Waals surface area contributed by atoms with Gasteiger partial charge in [0.15, 0.2) is 6.29 Å². The van der Waals surface area contributed by atoms with Crippen LogP contribution in [0, 0.1) is 10.1 Å². The molecule has 0 atom stereocenters. The van der Waals surface area contributed by atoms with E-state index >= 15 is 0 Å². The molecule has 18 heavy (non-hydrogen) atoms. The van der Waals surface area contributed by atoms with Crippen molar-refractivity contribution in [1.29, 1.82) is 0 Å². The second kappa shape index (κ2) is 4.73. The fourth-order valence-electron chi connectivity index (χ4n) is 1.26. The van der Waals surface area contributed by atoms with E-state index in [9.17, 15) is 32.9 Å². The summed E-state index contributed by atoms with van der Waals surface area (Å²) in [6.45, 7) is 0. The zero-order valence-corrected chi connectivity index (χ0v) is 9.08. The number of halogens is 4. The molecule has 1 aromatic carbocycles. The fourth-order valence-corrected chi connectivity index (χ4v) is 1.41. The minimum Gasteiger partial charge on any atom is -0.298 e. The van der Waals surface area contributed by atoms with Gasteiger partial charge >= 0.3 is 6.18 Å². The lowest BCUT2D eigenvalue weighted by Crippen LogP contribution is -2.12. The van der Waals surface area contributed by atoms with Crippen LogP contribution in [-0.4, -0.2) is 16.5 Å². The maximum absolute atomic E-state index is 12.5. The lowest BCUT2D eigenvalue weighted by atomic mass is 10.0. The fraction of sp³-hybridized carbons (Fsp3) is 0.111. The van der Waals surface area contributed by atoms with Gasteiger partial charge < -0.3 is 0 Å². The highest BCUT2D eigenvalue weighted by Crippen LogP contribution is 2.35. The van der Waals surface area contributed by atoms with Crippen LogP contribution in [0.1, 0.15) is 26.3 Å². The molecule has 0 fully saturated rings. The topological polar surface area (TPSA) is 77.3 Å². The Kier molecular flexibility index (Phi) is 3.70. The molecule has 0 aromatic heterocycles. The van der Waals surface area contributed by atoms with Crippen LogP contribution in [0.4, 0.5) is 18.9 Å². The summed E-state index contributed by atoms with van der Waals surface area (Å²) in [5, 5.41) is 9.22. The van der Waals surface area contributed by atoms with Crippen molar-refractivity contribution in [2.45, 2.75) is 6.18 Å². The second-order valence-corrected chi connectivity index (χ2v) is 3.45. The Labute approximate surface area is 102 Å². The molecular formula is C9H3ClF3NO4. The number of aldehydes is 1. The van der Waals surface area contributed by atoms with Gasteiger partial charge in [0.25, 0.3) is 10.9 Å². The molecule has 96 valence electrons. The van der Waals surface area contributed by atoms with Crippen LogP contribution >= 0.6 is 11.6 Å². The predicted octanol–water partition coefficient (Wildman–Crippen LogP) is 2.81. The first-order valence-corrected chi connectivity index (χ1v) is 4.61. The largest absolute Gasteiger partial charge is 0.417 e. The smallest absolute Gasteiger partial charge is 0.298 e. The van der Waals surface area contributed by atoms with Crippen LogP contribution < -0.4 is 0 Å². The second-order valence-electron chi connectivity index (χ2n) is 3.10. The van der Waals surface area contributed by atoms with Gasteiger partial charge in [-0.15, -0.1) is 0 Å². The number of hydrogen-bond donors (Lipinski definition) is 0. The van der Waals surface area contributed by atoms with E-state index in [0.29, 0.717) is 6.07 Å². The number of alkyl halides is 3. The molecule has 0 aliphatic carbocycles. The van der Waals surface area contributed by atoms with Crippen molar-refractivity contribution in [1.82, 2.24) is 0 Å². The predicted molar refractivity (Wildman–Crippen MR) is 53.7 cm³/mol. The lowest BCUT2D eigenvalue weighted by Gasteiger charge is -2.10. The van der Waals surface area contributed by atoms with Gasteiger partial charge in [-0.2, -0.15) is 13.2 Å². The van der Waals surface area contributed by atoms with Crippen molar-refractivity contribution < 1.29 is 27.7 Å². The summed E-state index contributed by atoms with van der Waals surface area (Å²) in [4.78, 5) is 30.7. The van der Waals surface area contributed by atoms with Gasteiger partial charge in [0.2, 0.25) is 0 Å². The summed E-state index contributed by atoms with van der Waals surface area (Å²) in [5.41, 5.74) is -4.26. The number of hydrogen-bond acceptors (Lipinski definition) is 4. The molecule has 0 radical (unpaired) electrons. The normalized spacial score (nSPS) is 11.1. The molecule has 5 nitrogen and oxygen atoms in total. The highest BCUT2D eigenvalue weighted by atomic mass is 35.5. The third-order valence-electron chi connectivity index (χ3n) is 2.01. The van der Waals surface area contributed by atoms with Gasteiger partial charge in [-0.25, -0.2) is 0 Å². The lowest BCUT2D eigenvalue weighted by molar-refractivity contribution is -0.385. The van der Waals surface area contributed by atoms with E-state index in [0.717, 1.165) is 0 Å². The molecule has 0 unspecified atom stereocenters. The van der Waals surface area contributed by atoms with Crippen LogP contribution in [0.5, 0.6) is 0 Å². The Balaban J connectivity index is 3.67. The van der Waals surface area contributed by atoms with E-state index < -0.39 is 38.7 Å². The van der Waals surface area contributed by atoms with Gasteiger partial charge in [-0.1, -0.05) is 0 Å². The van der Waals surface area contributed by atoms with E-state index in [1.807, 2.05) is 0 Å². The molecule has 0 aliphatic rings. The summed E-state index contributed by atoms with van der Waals surface area (Å²) >= 11 is 5.01. The number of benzene rings is 1. The van der Waals surface area contributed by atoms with Gasteiger partial charge in [0, 0.05) is 11.6 Å². The summed E-state index contributed by atoms with van der Waals surface area (Å²) < 4.78 is 37.5. The summed E-state index contributed by atoms with van der Waals surface area (Å²) in [5.74, 6) is 0. The van der Waals surface area contributed by atoms with Crippen molar-refractivity contribution in [3.63, 3.8) is 0 Å². The van der Waals surface area contributed by atoms with Crippen molar-refractivity contribution >= 4 is 28.8 Å². The van der Waals surface area contributed by atoms with Gasteiger partial charge in [-0.3, -0.25) is 19.7 Å².